The maximum Gasteiger partial charge on any atom is 0.253 e. The Morgan fingerprint density at radius 1 is 1.30 bits per heavy atom. The first-order valence-electron chi connectivity index (χ1n) is 6.59. The maximum atomic E-state index is 12.1. The highest BCUT2D eigenvalue weighted by atomic mass is 16.5. The van der Waals surface area contributed by atoms with E-state index in [1.807, 2.05) is 0 Å². The Morgan fingerprint density at radius 2 is 2.00 bits per heavy atom. The third-order valence-corrected chi connectivity index (χ3v) is 3.29. The van der Waals surface area contributed by atoms with Crippen molar-refractivity contribution in [1.29, 1.82) is 0 Å². The van der Waals surface area contributed by atoms with Crippen molar-refractivity contribution in [2.45, 2.75) is 25.4 Å². The van der Waals surface area contributed by atoms with Gasteiger partial charge in [0.25, 0.3) is 5.91 Å². The number of carbonyl (C=O) groups excluding carboxylic acids is 1. The van der Waals surface area contributed by atoms with E-state index in [9.17, 15) is 4.79 Å². The number of nitrogens with one attached hydrogen (secondary N) is 1. The summed E-state index contributed by atoms with van der Waals surface area (Å²) < 4.78 is 15.8. The van der Waals surface area contributed by atoms with E-state index < -0.39 is 6.10 Å². The molecule has 1 aromatic carbocycles. The van der Waals surface area contributed by atoms with Crippen molar-refractivity contribution in [3.05, 3.63) is 12.1 Å². The number of nitrogens with two attached hydrogens (primary N) is 1. The van der Waals surface area contributed by atoms with Crippen molar-refractivity contribution < 1.29 is 19.0 Å². The van der Waals surface area contributed by atoms with Crippen LogP contribution in [0.15, 0.2) is 12.1 Å². The number of benzene rings is 1. The summed E-state index contributed by atoms with van der Waals surface area (Å²) in [6.45, 7) is 0.625. The first kappa shape index (κ1) is 14.5. The van der Waals surface area contributed by atoms with Gasteiger partial charge < -0.3 is 25.3 Å². The number of methoxy groups -OCH3 is 2. The molecule has 1 aliphatic heterocycles. The molecule has 3 N–H and O–H groups in total. The lowest BCUT2D eigenvalue weighted by Crippen LogP contribution is -2.33. The van der Waals surface area contributed by atoms with Crippen LogP contribution in [0.25, 0.3) is 0 Å². The Labute approximate surface area is 118 Å². The van der Waals surface area contributed by atoms with Crippen LogP contribution in [0.5, 0.6) is 11.5 Å². The molecule has 1 aliphatic rings. The lowest BCUT2D eigenvalue weighted by molar-refractivity contribution is -0.129. The van der Waals surface area contributed by atoms with Crippen molar-refractivity contribution >= 4 is 17.3 Å². The summed E-state index contributed by atoms with van der Waals surface area (Å²) in [5.74, 6) is 0.863. The van der Waals surface area contributed by atoms with Crippen LogP contribution in [0.4, 0.5) is 11.4 Å². The smallest absolute Gasteiger partial charge is 0.253 e. The van der Waals surface area contributed by atoms with Gasteiger partial charge in [-0.25, -0.2) is 0 Å². The van der Waals surface area contributed by atoms with Crippen LogP contribution in [0.3, 0.4) is 0 Å². The molecule has 0 saturated carbocycles. The average Bonchev–Trinajstić information content (AvgIpc) is 2.49. The standard InChI is InChI=1S/C14H20N2O4/c1-18-12-7-9(15)10(8-13(12)19-2)16-14(17)11-5-3-4-6-20-11/h7-8,11H,3-6,15H2,1-2H3,(H,16,17). The lowest BCUT2D eigenvalue weighted by atomic mass is 10.1. The van der Waals surface area contributed by atoms with Crippen molar-refractivity contribution in [3.8, 4) is 11.5 Å². The highest BCUT2D eigenvalue weighted by Crippen LogP contribution is 2.35. The van der Waals surface area contributed by atoms with E-state index >= 15 is 0 Å². The third kappa shape index (κ3) is 3.14. The van der Waals surface area contributed by atoms with Crippen molar-refractivity contribution in [2.24, 2.45) is 0 Å². The van der Waals surface area contributed by atoms with Gasteiger partial charge in [0.1, 0.15) is 6.10 Å². The van der Waals surface area contributed by atoms with E-state index in [2.05, 4.69) is 5.32 Å². The van der Waals surface area contributed by atoms with Gasteiger partial charge in [-0.1, -0.05) is 0 Å². The Hall–Kier alpha value is -1.95. The molecule has 1 heterocycles. The summed E-state index contributed by atoms with van der Waals surface area (Å²) in [7, 11) is 3.06. The molecule has 1 atom stereocenters. The number of hydrogen-bond acceptors (Lipinski definition) is 5. The first-order valence-corrected chi connectivity index (χ1v) is 6.59. The highest BCUT2D eigenvalue weighted by molar-refractivity contribution is 5.97. The summed E-state index contributed by atoms with van der Waals surface area (Å²) in [5, 5.41) is 2.78. The summed E-state index contributed by atoms with van der Waals surface area (Å²) in [6, 6.07) is 3.27. The van der Waals surface area contributed by atoms with Gasteiger partial charge in [0.05, 0.1) is 25.6 Å². The minimum absolute atomic E-state index is 0.177. The molecule has 0 bridgehead atoms. The molecular weight excluding hydrogens is 260 g/mol. The molecular formula is C14H20N2O4. The third-order valence-electron chi connectivity index (χ3n) is 3.29. The molecule has 1 fully saturated rings. The summed E-state index contributed by atoms with van der Waals surface area (Å²) in [6.07, 6.45) is 2.33. The van der Waals surface area contributed by atoms with Gasteiger partial charge in [-0.2, -0.15) is 0 Å². The predicted octanol–water partition coefficient (Wildman–Crippen LogP) is 1.79. The van der Waals surface area contributed by atoms with Crippen molar-refractivity contribution in [1.82, 2.24) is 0 Å². The minimum atomic E-state index is -0.406. The number of amides is 1. The fourth-order valence-electron chi connectivity index (χ4n) is 2.16. The number of ether oxygens (including phenoxy) is 3. The van der Waals surface area contributed by atoms with Gasteiger partial charge in [-0.05, 0) is 19.3 Å². The van der Waals surface area contributed by atoms with E-state index in [0.717, 1.165) is 19.3 Å². The molecule has 20 heavy (non-hydrogen) atoms. The van der Waals surface area contributed by atoms with Gasteiger partial charge in [-0.15, -0.1) is 0 Å². The number of carbonyl (C=O) groups is 1. The van der Waals surface area contributed by atoms with Crippen molar-refractivity contribution in [2.75, 3.05) is 31.9 Å². The number of rotatable bonds is 4. The molecule has 0 radical (unpaired) electrons. The average molecular weight is 280 g/mol. The topological polar surface area (TPSA) is 82.8 Å². The maximum absolute atomic E-state index is 12.1. The molecule has 0 aromatic heterocycles. The zero-order chi connectivity index (χ0) is 14.5. The van der Waals surface area contributed by atoms with E-state index in [0.29, 0.717) is 29.5 Å². The van der Waals surface area contributed by atoms with Crippen LogP contribution in [0, 0.1) is 0 Å². The molecule has 6 heteroatoms. The Balaban J connectivity index is 2.13. The molecule has 2 rings (SSSR count). The van der Waals surface area contributed by atoms with Gasteiger partial charge in [0.2, 0.25) is 0 Å². The van der Waals surface area contributed by atoms with Crippen LogP contribution >= 0.6 is 0 Å². The monoisotopic (exact) mass is 280 g/mol. The van der Waals surface area contributed by atoms with Gasteiger partial charge >= 0.3 is 0 Å². The van der Waals surface area contributed by atoms with E-state index in [-0.39, 0.29) is 5.91 Å². The SMILES string of the molecule is COc1cc(N)c(NC(=O)C2CCCCO2)cc1OC. The van der Waals surface area contributed by atoms with E-state index in [1.54, 1.807) is 12.1 Å². The number of nitrogen functional groups attached to an aromatic ring is 1. The molecule has 1 saturated heterocycles. The van der Waals surface area contributed by atoms with Crippen molar-refractivity contribution in [3.63, 3.8) is 0 Å². The number of hydrogen-bond donors (Lipinski definition) is 2. The molecule has 1 unspecified atom stereocenters. The fourth-order valence-corrected chi connectivity index (χ4v) is 2.16. The summed E-state index contributed by atoms with van der Waals surface area (Å²) >= 11 is 0. The van der Waals surface area contributed by atoms with Crippen LogP contribution in [0.2, 0.25) is 0 Å². The summed E-state index contributed by atoms with van der Waals surface area (Å²) in [4.78, 5) is 12.1. The molecule has 1 amide bonds. The Kier molecular flexibility index (Phi) is 4.68. The Bertz CT molecular complexity index is 484. The fraction of sp³-hybridized carbons (Fsp3) is 0.500. The largest absolute Gasteiger partial charge is 0.493 e. The van der Waals surface area contributed by atoms with Crippen LogP contribution < -0.4 is 20.5 Å². The van der Waals surface area contributed by atoms with E-state index in [4.69, 9.17) is 19.9 Å². The zero-order valence-corrected chi connectivity index (χ0v) is 11.8. The minimum Gasteiger partial charge on any atom is -0.493 e. The molecule has 0 aliphatic carbocycles. The molecule has 6 nitrogen and oxygen atoms in total. The first-order chi connectivity index (χ1) is 9.65. The van der Waals surface area contributed by atoms with Gasteiger partial charge in [0.15, 0.2) is 11.5 Å². The highest BCUT2D eigenvalue weighted by Gasteiger charge is 2.23. The second kappa shape index (κ2) is 6.47. The quantitative estimate of drug-likeness (QED) is 0.822. The molecule has 0 spiro atoms. The van der Waals surface area contributed by atoms with Gasteiger partial charge in [0, 0.05) is 18.7 Å². The normalized spacial score (nSPS) is 18.4. The number of anilines is 2. The van der Waals surface area contributed by atoms with Crippen LogP contribution in [-0.4, -0.2) is 32.8 Å². The van der Waals surface area contributed by atoms with Gasteiger partial charge in [-0.3, -0.25) is 4.79 Å². The second-order valence-electron chi connectivity index (χ2n) is 4.64. The molecule has 110 valence electrons. The lowest BCUT2D eigenvalue weighted by Gasteiger charge is -2.22. The Morgan fingerprint density at radius 3 is 2.60 bits per heavy atom. The molecule has 1 aromatic rings. The predicted molar refractivity (Wildman–Crippen MR) is 76.2 cm³/mol. The second-order valence-corrected chi connectivity index (χ2v) is 4.64. The van der Waals surface area contributed by atoms with E-state index in [1.165, 1.54) is 14.2 Å². The van der Waals surface area contributed by atoms with Crippen LogP contribution in [-0.2, 0) is 9.53 Å². The zero-order valence-electron chi connectivity index (χ0n) is 11.8. The summed E-state index contributed by atoms with van der Waals surface area (Å²) in [5.41, 5.74) is 6.83. The van der Waals surface area contributed by atoms with Crippen LogP contribution in [0.1, 0.15) is 19.3 Å².